The maximum Gasteiger partial charge on any atom is 0.406 e. The molecule has 0 aromatic heterocycles. The lowest BCUT2D eigenvalue weighted by molar-refractivity contribution is -0.165. The molecule has 0 radical (unpaired) electrons. The van der Waals surface area contributed by atoms with E-state index < -0.39 is 18.6 Å². The first-order valence-electron chi connectivity index (χ1n) is 8.84. The Hall–Kier alpha value is -2.30. The number of carbonyl (C=O) groups is 1. The van der Waals surface area contributed by atoms with Gasteiger partial charge in [-0.25, -0.2) is 0 Å². The minimum Gasteiger partial charge on any atom is -0.330 e. The number of nitrogens with zero attached hydrogens (tertiary/aromatic N) is 1. The molecule has 1 atom stereocenters. The Kier molecular flexibility index (Phi) is 5.35. The van der Waals surface area contributed by atoms with E-state index in [1.165, 1.54) is 0 Å². The van der Waals surface area contributed by atoms with E-state index in [-0.39, 0.29) is 18.4 Å². The van der Waals surface area contributed by atoms with Crippen molar-refractivity contribution in [2.24, 2.45) is 5.92 Å². The monoisotopic (exact) mass is 361 g/mol. The first-order chi connectivity index (χ1) is 12.3. The van der Waals surface area contributed by atoms with Crippen LogP contribution in [0.25, 0.3) is 11.1 Å². The highest BCUT2D eigenvalue weighted by atomic mass is 19.4. The van der Waals surface area contributed by atoms with Gasteiger partial charge in [-0.15, -0.1) is 0 Å². The molecule has 0 N–H and O–H groups in total. The summed E-state index contributed by atoms with van der Waals surface area (Å²) in [4.78, 5) is 13.5. The number of halogens is 3. The molecule has 26 heavy (non-hydrogen) atoms. The minimum atomic E-state index is -4.38. The number of carbonyl (C=O) groups excluding carboxylic acids is 1. The molecule has 0 unspecified atom stereocenters. The molecule has 0 bridgehead atoms. The van der Waals surface area contributed by atoms with Crippen LogP contribution in [0.5, 0.6) is 0 Å². The fourth-order valence-electron chi connectivity index (χ4n) is 3.21. The summed E-state index contributed by atoms with van der Waals surface area (Å²) in [5.41, 5.74) is 2.80. The molecule has 2 aromatic carbocycles. The molecule has 0 spiro atoms. The van der Waals surface area contributed by atoms with E-state index in [1.807, 2.05) is 54.6 Å². The summed E-state index contributed by atoms with van der Waals surface area (Å²) >= 11 is 0. The topological polar surface area (TPSA) is 20.3 Å². The molecule has 3 rings (SSSR count). The van der Waals surface area contributed by atoms with Gasteiger partial charge in [-0.3, -0.25) is 4.79 Å². The summed E-state index contributed by atoms with van der Waals surface area (Å²) in [5.74, 6) is -0.268. The Morgan fingerprint density at radius 3 is 2.15 bits per heavy atom. The molecule has 2 aromatic rings. The van der Waals surface area contributed by atoms with Crippen molar-refractivity contribution in [1.29, 1.82) is 0 Å². The highest BCUT2D eigenvalue weighted by Gasteiger charge is 2.40. The van der Waals surface area contributed by atoms with E-state index in [1.54, 1.807) is 6.92 Å². The third-order valence-electron chi connectivity index (χ3n) is 4.88. The molecule has 0 saturated heterocycles. The molecule has 1 aliphatic carbocycles. The van der Waals surface area contributed by atoms with Crippen LogP contribution < -0.4 is 0 Å². The summed E-state index contributed by atoms with van der Waals surface area (Å²) in [6, 6.07) is 16.9. The molecule has 0 heterocycles. The Bertz CT molecular complexity index is 736. The second-order valence-corrected chi connectivity index (χ2v) is 6.95. The first kappa shape index (κ1) is 18.5. The van der Waals surface area contributed by atoms with Gasteiger partial charge in [-0.05, 0) is 42.4 Å². The predicted molar refractivity (Wildman–Crippen MR) is 95.5 cm³/mol. The number of alkyl halides is 3. The van der Waals surface area contributed by atoms with Crippen molar-refractivity contribution < 1.29 is 18.0 Å². The molecule has 2 nitrogen and oxygen atoms in total. The fourth-order valence-corrected chi connectivity index (χ4v) is 3.21. The van der Waals surface area contributed by atoms with Crippen LogP contribution in [0.3, 0.4) is 0 Å². The molecule has 1 aliphatic rings. The SMILES string of the molecule is C[C@@H](C1CC1)N(CC(F)(F)F)C(=O)Cc1ccc(-c2ccccc2)cc1. The average Bonchev–Trinajstić information content (AvgIpc) is 3.45. The Morgan fingerprint density at radius 1 is 1.04 bits per heavy atom. The van der Waals surface area contributed by atoms with E-state index in [4.69, 9.17) is 0 Å². The Labute approximate surface area is 151 Å². The van der Waals surface area contributed by atoms with Crippen LogP contribution in [0.1, 0.15) is 25.3 Å². The zero-order valence-corrected chi connectivity index (χ0v) is 14.7. The second-order valence-electron chi connectivity index (χ2n) is 6.95. The van der Waals surface area contributed by atoms with Crippen molar-refractivity contribution >= 4 is 5.91 Å². The standard InChI is InChI=1S/C21H22F3NO/c1-15(17-11-12-17)25(14-21(22,23)24)20(26)13-16-7-9-19(10-8-16)18-5-3-2-4-6-18/h2-10,15,17H,11-14H2,1H3/t15-/m0/s1. The molecular weight excluding hydrogens is 339 g/mol. The zero-order valence-electron chi connectivity index (χ0n) is 14.7. The normalized spacial score (nSPS) is 15.5. The molecule has 1 saturated carbocycles. The Morgan fingerprint density at radius 2 is 1.62 bits per heavy atom. The third-order valence-corrected chi connectivity index (χ3v) is 4.88. The van der Waals surface area contributed by atoms with E-state index in [0.29, 0.717) is 0 Å². The number of hydrogen-bond acceptors (Lipinski definition) is 1. The summed E-state index contributed by atoms with van der Waals surface area (Å²) < 4.78 is 38.7. The summed E-state index contributed by atoms with van der Waals surface area (Å²) in [7, 11) is 0. The molecule has 1 amide bonds. The van der Waals surface area contributed by atoms with E-state index in [2.05, 4.69) is 0 Å². The van der Waals surface area contributed by atoms with E-state index in [9.17, 15) is 18.0 Å². The summed E-state index contributed by atoms with van der Waals surface area (Å²) in [5, 5.41) is 0. The Balaban J connectivity index is 1.70. The summed E-state index contributed by atoms with van der Waals surface area (Å²) in [6.45, 7) is 0.547. The van der Waals surface area contributed by atoms with Crippen LogP contribution in [0.2, 0.25) is 0 Å². The van der Waals surface area contributed by atoms with Gasteiger partial charge in [-0.2, -0.15) is 13.2 Å². The van der Waals surface area contributed by atoms with Crippen LogP contribution in [0.15, 0.2) is 54.6 Å². The largest absolute Gasteiger partial charge is 0.406 e. The zero-order chi connectivity index (χ0) is 18.7. The van der Waals surface area contributed by atoms with Crippen molar-refractivity contribution in [2.75, 3.05) is 6.54 Å². The van der Waals surface area contributed by atoms with Gasteiger partial charge < -0.3 is 4.90 Å². The average molecular weight is 361 g/mol. The number of amides is 1. The molecule has 138 valence electrons. The molecule has 0 aliphatic heterocycles. The van der Waals surface area contributed by atoms with Crippen molar-refractivity contribution in [3.8, 4) is 11.1 Å². The van der Waals surface area contributed by atoms with Crippen molar-refractivity contribution in [1.82, 2.24) is 4.90 Å². The van der Waals surface area contributed by atoms with Crippen LogP contribution in [0, 0.1) is 5.92 Å². The third kappa shape index (κ3) is 4.87. The van der Waals surface area contributed by atoms with E-state index in [0.717, 1.165) is 34.4 Å². The van der Waals surface area contributed by atoms with Gasteiger partial charge in [0.05, 0.1) is 6.42 Å². The van der Waals surface area contributed by atoms with Gasteiger partial charge in [0.1, 0.15) is 6.54 Å². The van der Waals surface area contributed by atoms with Gasteiger partial charge in [0.2, 0.25) is 5.91 Å². The highest BCUT2D eigenvalue weighted by Crippen LogP contribution is 2.36. The number of hydrogen-bond donors (Lipinski definition) is 0. The fraction of sp³-hybridized carbons (Fsp3) is 0.381. The molecule has 1 fully saturated rings. The first-order valence-corrected chi connectivity index (χ1v) is 8.84. The number of rotatable bonds is 6. The van der Waals surface area contributed by atoms with E-state index >= 15 is 0 Å². The van der Waals surface area contributed by atoms with Gasteiger partial charge >= 0.3 is 6.18 Å². The van der Waals surface area contributed by atoms with Crippen LogP contribution in [-0.2, 0) is 11.2 Å². The minimum absolute atomic E-state index is 0.0117. The van der Waals surface area contributed by atoms with Crippen molar-refractivity contribution in [3.63, 3.8) is 0 Å². The smallest absolute Gasteiger partial charge is 0.330 e. The molecular formula is C21H22F3NO. The van der Waals surface area contributed by atoms with Crippen molar-refractivity contribution in [3.05, 3.63) is 60.2 Å². The predicted octanol–water partition coefficient (Wildman–Crippen LogP) is 5.09. The second kappa shape index (κ2) is 7.52. The quantitative estimate of drug-likeness (QED) is 0.702. The lowest BCUT2D eigenvalue weighted by Gasteiger charge is -2.30. The van der Waals surface area contributed by atoms with Crippen molar-refractivity contribution in [2.45, 2.75) is 38.4 Å². The maximum absolute atomic E-state index is 12.9. The van der Waals surface area contributed by atoms with Crippen LogP contribution >= 0.6 is 0 Å². The number of benzene rings is 2. The van der Waals surface area contributed by atoms with Gasteiger partial charge in [0.15, 0.2) is 0 Å². The lowest BCUT2D eigenvalue weighted by atomic mass is 10.0. The highest BCUT2D eigenvalue weighted by molar-refractivity contribution is 5.79. The maximum atomic E-state index is 12.9. The summed E-state index contributed by atoms with van der Waals surface area (Å²) in [6.07, 6.45) is -2.60. The van der Waals surface area contributed by atoms with Crippen LogP contribution in [-0.4, -0.2) is 29.6 Å². The van der Waals surface area contributed by atoms with Gasteiger partial charge in [0, 0.05) is 6.04 Å². The van der Waals surface area contributed by atoms with Crippen LogP contribution in [0.4, 0.5) is 13.2 Å². The molecule has 5 heteroatoms. The van der Waals surface area contributed by atoms with Gasteiger partial charge in [0.25, 0.3) is 0 Å². The lowest BCUT2D eigenvalue weighted by Crippen LogP contribution is -2.46. The van der Waals surface area contributed by atoms with Gasteiger partial charge in [-0.1, -0.05) is 54.6 Å².